The van der Waals surface area contributed by atoms with Crippen molar-refractivity contribution in [3.05, 3.63) is 36.2 Å². The molecule has 1 aromatic carbocycles. The summed E-state index contributed by atoms with van der Waals surface area (Å²) in [6.07, 6.45) is 2.09. The molecular weight excluding hydrogens is 242 g/mol. The third-order valence-electron chi connectivity index (χ3n) is 3.24. The van der Waals surface area contributed by atoms with Gasteiger partial charge in [-0.25, -0.2) is 0 Å². The van der Waals surface area contributed by atoms with Crippen LogP contribution in [0.1, 0.15) is 19.5 Å². The molecule has 0 aliphatic heterocycles. The Balaban J connectivity index is 2.51. The van der Waals surface area contributed by atoms with Crippen LogP contribution in [-0.2, 0) is 11.2 Å². The predicted molar refractivity (Wildman–Crippen MR) is 73.4 cm³/mol. The smallest absolute Gasteiger partial charge is 0.309 e. The molecule has 0 amide bonds. The van der Waals surface area contributed by atoms with Crippen LogP contribution in [0.2, 0.25) is 0 Å². The molecule has 4 heteroatoms. The van der Waals surface area contributed by atoms with Crippen LogP contribution in [0.25, 0.3) is 10.8 Å². The largest absolute Gasteiger partial charge is 0.497 e. The number of carboxylic acids is 1. The van der Waals surface area contributed by atoms with Gasteiger partial charge < -0.3 is 9.84 Å². The molecule has 0 radical (unpaired) electrons. The van der Waals surface area contributed by atoms with Gasteiger partial charge >= 0.3 is 5.97 Å². The molecule has 0 saturated heterocycles. The van der Waals surface area contributed by atoms with Gasteiger partial charge in [-0.3, -0.25) is 9.78 Å². The van der Waals surface area contributed by atoms with Crippen molar-refractivity contribution in [2.24, 2.45) is 5.41 Å². The lowest BCUT2D eigenvalue weighted by atomic mass is 9.86. The van der Waals surface area contributed by atoms with Gasteiger partial charge in [0.2, 0.25) is 0 Å². The van der Waals surface area contributed by atoms with Crippen LogP contribution in [0.15, 0.2) is 30.5 Å². The highest BCUT2D eigenvalue weighted by Gasteiger charge is 2.28. The average molecular weight is 259 g/mol. The summed E-state index contributed by atoms with van der Waals surface area (Å²) in [5.41, 5.74) is -0.0616. The topological polar surface area (TPSA) is 59.4 Å². The van der Waals surface area contributed by atoms with Crippen LogP contribution in [-0.4, -0.2) is 23.2 Å². The van der Waals surface area contributed by atoms with E-state index >= 15 is 0 Å². The fraction of sp³-hybridized carbons (Fsp3) is 0.333. The number of hydrogen-bond donors (Lipinski definition) is 1. The highest BCUT2D eigenvalue weighted by molar-refractivity contribution is 5.86. The molecule has 2 rings (SSSR count). The number of benzene rings is 1. The summed E-state index contributed by atoms with van der Waals surface area (Å²) in [6.45, 7) is 3.41. The zero-order valence-corrected chi connectivity index (χ0v) is 11.3. The minimum Gasteiger partial charge on any atom is -0.497 e. The Kier molecular flexibility index (Phi) is 3.42. The second-order valence-corrected chi connectivity index (χ2v) is 5.21. The van der Waals surface area contributed by atoms with E-state index < -0.39 is 11.4 Å². The number of carboxylic acid groups (broad SMARTS) is 1. The number of rotatable bonds is 4. The quantitative estimate of drug-likeness (QED) is 0.917. The Bertz CT molecular complexity index is 620. The number of aliphatic carboxylic acids is 1. The Hall–Kier alpha value is -2.10. The minimum absolute atomic E-state index is 0.382. The molecule has 2 aromatic rings. The molecule has 19 heavy (non-hydrogen) atoms. The predicted octanol–water partition coefficient (Wildman–Crippen LogP) is 2.90. The first-order chi connectivity index (χ1) is 8.94. The SMILES string of the molecule is COc1ccc2ccnc(CC(C)(C)C(=O)O)c2c1. The highest BCUT2D eigenvalue weighted by atomic mass is 16.5. The number of fused-ring (bicyclic) bond motifs is 1. The third-order valence-corrected chi connectivity index (χ3v) is 3.24. The molecule has 0 unspecified atom stereocenters. The minimum atomic E-state index is -0.843. The Morgan fingerprint density at radius 2 is 2.11 bits per heavy atom. The van der Waals surface area contributed by atoms with E-state index in [1.54, 1.807) is 27.2 Å². The lowest BCUT2D eigenvalue weighted by Gasteiger charge is -2.19. The van der Waals surface area contributed by atoms with Crippen molar-refractivity contribution in [3.8, 4) is 5.75 Å². The zero-order chi connectivity index (χ0) is 14.0. The van der Waals surface area contributed by atoms with Crippen molar-refractivity contribution in [1.82, 2.24) is 4.98 Å². The standard InChI is InChI=1S/C15H17NO3/c1-15(2,14(17)18)9-13-12-8-11(19-3)5-4-10(12)6-7-16-13/h4-8H,9H2,1-3H3,(H,17,18). The first kappa shape index (κ1) is 13.3. The molecule has 0 spiro atoms. The second-order valence-electron chi connectivity index (χ2n) is 5.21. The molecule has 1 aromatic heterocycles. The van der Waals surface area contributed by atoms with E-state index in [0.717, 1.165) is 22.2 Å². The fourth-order valence-corrected chi connectivity index (χ4v) is 1.97. The molecule has 0 bridgehead atoms. The van der Waals surface area contributed by atoms with Gasteiger partial charge in [0.25, 0.3) is 0 Å². The zero-order valence-electron chi connectivity index (χ0n) is 11.3. The lowest BCUT2D eigenvalue weighted by Crippen LogP contribution is -2.26. The Morgan fingerprint density at radius 3 is 2.74 bits per heavy atom. The number of nitrogens with zero attached hydrogens (tertiary/aromatic N) is 1. The second kappa shape index (κ2) is 4.88. The maximum absolute atomic E-state index is 11.2. The molecule has 0 aliphatic carbocycles. The van der Waals surface area contributed by atoms with Crippen LogP contribution in [0.4, 0.5) is 0 Å². The van der Waals surface area contributed by atoms with Crippen LogP contribution < -0.4 is 4.74 Å². The fourth-order valence-electron chi connectivity index (χ4n) is 1.97. The van der Waals surface area contributed by atoms with E-state index in [-0.39, 0.29) is 0 Å². The van der Waals surface area contributed by atoms with Gasteiger partial charge in [0, 0.05) is 23.7 Å². The molecule has 0 aliphatic rings. The summed E-state index contributed by atoms with van der Waals surface area (Å²) in [5, 5.41) is 11.2. The number of aromatic nitrogens is 1. The Morgan fingerprint density at radius 1 is 1.37 bits per heavy atom. The van der Waals surface area contributed by atoms with Crippen LogP contribution in [0.5, 0.6) is 5.75 Å². The number of hydrogen-bond acceptors (Lipinski definition) is 3. The molecule has 1 N–H and O–H groups in total. The van der Waals surface area contributed by atoms with Gasteiger partial charge in [0.05, 0.1) is 12.5 Å². The maximum atomic E-state index is 11.2. The molecular formula is C15H17NO3. The summed E-state index contributed by atoms with van der Waals surface area (Å²) in [5.74, 6) is -0.0796. The molecule has 0 fully saturated rings. The first-order valence-electron chi connectivity index (χ1n) is 6.09. The molecule has 1 heterocycles. The monoisotopic (exact) mass is 259 g/mol. The van der Waals surface area contributed by atoms with Crippen molar-refractivity contribution in [2.45, 2.75) is 20.3 Å². The lowest BCUT2D eigenvalue weighted by molar-refractivity contribution is -0.146. The average Bonchev–Trinajstić information content (AvgIpc) is 2.38. The highest BCUT2D eigenvalue weighted by Crippen LogP contribution is 2.28. The van der Waals surface area contributed by atoms with E-state index in [4.69, 9.17) is 4.74 Å². The summed E-state index contributed by atoms with van der Waals surface area (Å²) < 4.78 is 5.21. The molecule has 0 atom stereocenters. The summed E-state index contributed by atoms with van der Waals surface area (Å²) >= 11 is 0. The number of carbonyl (C=O) groups is 1. The van der Waals surface area contributed by atoms with E-state index in [1.165, 1.54) is 0 Å². The van der Waals surface area contributed by atoms with Gasteiger partial charge in [-0.1, -0.05) is 6.07 Å². The number of pyridine rings is 1. The normalized spacial score (nSPS) is 11.5. The van der Waals surface area contributed by atoms with Gasteiger partial charge in [-0.15, -0.1) is 0 Å². The van der Waals surface area contributed by atoms with Crippen LogP contribution >= 0.6 is 0 Å². The van der Waals surface area contributed by atoms with Gasteiger partial charge in [0.1, 0.15) is 5.75 Å². The molecule has 0 saturated carbocycles. The third kappa shape index (κ3) is 2.67. The van der Waals surface area contributed by atoms with E-state index in [9.17, 15) is 9.90 Å². The van der Waals surface area contributed by atoms with Crippen molar-refractivity contribution in [3.63, 3.8) is 0 Å². The first-order valence-corrected chi connectivity index (χ1v) is 6.09. The van der Waals surface area contributed by atoms with E-state index in [1.807, 2.05) is 24.3 Å². The van der Waals surface area contributed by atoms with Gasteiger partial charge in [0.15, 0.2) is 0 Å². The summed E-state index contributed by atoms with van der Waals surface area (Å²) in [7, 11) is 1.61. The molecule has 4 nitrogen and oxygen atoms in total. The van der Waals surface area contributed by atoms with E-state index in [2.05, 4.69) is 4.98 Å². The summed E-state index contributed by atoms with van der Waals surface area (Å²) in [4.78, 5) is 15.6. The van der Waals surface area contributed by atoms with Gasteiger partial charge in [-0.2, -0.15) is 0 Å². The van der Waals surface area contributed by atoms with Crippen molar-refractivity contribution in [2.75, 3.05) is 7.11 Å². The van der Waals surface area contributed by atoms with E-state index in [0.29, 0.717) is 6.42 Å². The van der Waals surface area contributed by atoms with Crippen molar-refractivity contribution in [1.29, 1.82) is 0 Å². The van der Waals surface area contributed by atoms with Crippen molar-refractivity contribution < 1.29 is 14.6 Å². The molecule has 100 valence electrons. The van der Waals surface area contributed by atoms with Gasteiger partial charge in [-0.05, 0) is 37.4 Å². The van der Waals surface area contributed by atoms with Crippen LogP contribution in [0, 0.1) is 5.41 Å². The van der Waals surface area contributed by atoms with Crippen LogP contribution in [0.3, 0.4) is 0 Å². The summed E-state index contributed by atoms with van der Waals surface area (Å²) in [6, 6.07) is 7.64. The number of methoxy groups -OCH3 is 1. The van der Waals surface area contributed by atoms with Crippen molar-refractivity contribution >= 4 is 16.7 Å². The number of ether oxygens (including phenoxy) is 1. The maximum Gasteiger partial charge on any atom is 0.309 e. The Labute approximate surface area is 112 Å².